The van der Waals surface area contributed by atoms with Gasteiger partial charge in [0, 0.05) is 28.0 Å². The molecule has 4 aromatic rings. The standard InChI is InChI=1S/C16H21BrFN3O2.C10H20O5S.C8H6BrFN2.C4H9O.CH4.K/c1-9(19-15(22)23-16(3,4)5)8-21-10(2)20-14-12(18)6-11(17)7-13(14)21;1-8(15-16(5,12)13)6-7-9(11)14-10(2,3)4;1-4-11-7-3-5(9)2-6(10)8(7)12-4;1-4(2,3)5;;/h6-7,9H,8H2,1-5H3,(H,19,22);8H,6-7H2,1-5H3;2-3H,1H3,(H,11,12);1-3H3;1H4;/q;;;-1;;+1. The normalized spacial score (nSPS) is 12.5. The first kappa shape index (κ1) is 58.5. The van der Waals surface area contributed by atoms with Crippen molar-refractivity contribution >= 4 is 76.1 Å². The van der Waals surface area contributed by atoms with Gasteiger partial charge in [-0.15, -0.1) is 5.60 Å². The summed E-state index contributed by atoms with van der Waals surface area (Å²) in [6, 6.07) is 6.23. The monoisotopic (exact) mass is 993 g/mol. The predicted molar refractivity (Wildman–Crippen MR) is 226 cm³/mol. The summed E-state index contributed by atoms with van der Waals surface area (Å²) in [5.74, 6) is 0.390. The Bertz CT molecular complexity index is 2040. The van der Waals surface area contributed by atoms with E-state index in [0.717, 1.165) is 22.1 Å². The molecule has 0 bridgehead atoms. The van der Waals surface area contributed by atoms with E-state index in [1.807, 2.05) is 45.3 Å². The minimum Gasteiger partial charge on any atom is -0.850 e. The number of nitrogens with one attached hydrogen (secondary N) is 2. The zero-order chi connectivity index (χ0) is 43.6. The van der Waals surface area contributed by atoms with Crippen LogP contribution >= 0.6 is 31.9 Å². The van der Waals surface area contributed by atoms with E-state index in [1.165, 1.54) is 12.1 Å². The topological polar surface area (TPSA) is 178 Å². The van der Waals surface area contributed by atoms with E-state index < -0.39 is 39.1 Å². The van der Waals surface area contributed by atoms with E-state index in [9.17, 15) is 31.9 Å². The number of ether oxygens (including phenoxy) is 2. The van der Waals surface area contributed by atoms with Gasteiger partial charge in [-0.1, -0.05) is 60.1 Å². The second kappa shape index (κ2) is 24.8. The van der Waals surface area contributed by atoms with Crippen molar-refractivity contribution in [1.82, 2.24) is 24.8 Å². The summed E-state index contributed by atoms with van der Waals surface area (Å²) in [5.41, 5.74) is 0.324. The number of rotatable bonds is 8. The number of imidazole rings is 2. The third-order valence-electron chi connectivity index (χ3n) is 6.32. The number of hydrogen-bond acceptors (Lipinski definition) is 10. The number of esters is 1. The van der Waals surface area contributed by atoms with Gasteiger partial charge >= 0.3 is 63.4 Å². The van der Waals surface area contributed by atoms with Crippen LogP contribution in [0.1, 0.15) is 108 Å². The molecular weight excluding hydrogens is 935 g/mol. The van der Waals surface area contributed by atoms with E-state index in [-0.39, 0.29) is 88.9 Å². The minimum absolute atomic E-state index is 0. The Labute approximate surface area is 402 Å². The quantitative estimate of drug-likeness (QED) is 0.118. The zero-order valence-electron chi connectivity index (χ0n) is 35.6. The molecule has 0 spiro atoms. The van der Waals surface area contributed by atoms with Crippen molar-refractivity contribution in [3.05, 3.63) is 56.5 Å². The molecule has 0 aliphatic heterocycles. The first-order valence-corrected chi connectivity index (χ1v) is 21.1. The number of aryl methyl sites for hydroxylation is 2. The van der Waals surface area contributed by atoms with Gasteiger partial charge in [0.1, 0.15) is 33.9 Å². The van der Waals surface area contributed by atoms with E-state index in [1.54, 1.807) is 61.5 Å². The molecule has 2 N–H and O–H groups in total. The third kappa shape index (κ3) is 25.3. The van der Waals surface area contributed by atoms with Crippen LogP contribution in [-0.4, -0.2) is 75.2 Å². The molecule has 13 nitrogen and oxygen atoms in total. The molecule has 0 fully saturated rings. The smallest absolute Gasteiger partial charge is 0.850 e. The summed E-state index contributed by atoms with van der Waals surface area (Å²) in [7, 11) is -3.46. The molecule has 1 amide bonds. The molecule has 324 valence electrons. The van der Waals surface area contributed by atoms with Gasteiger partial charge in [-0.2, -0.15) is 8.42 Å². The molecule has 0 aliphatic carbocycles. The fourth-order valence-electron chi connectivity index (χ4n) is 4.55. The third-order valence-corrected chi connectivity index (χ3v) is 7.91. The number of aromatic nitrogens is 4. The summed E-state index contributed by atoms with van der Waals surface area (Å²) >= 11 is 6.50. The average Bonchev–Trinajstić information content (AvgIpc) is 3.48. The van der Waals surface area contributed by atoms with Gasteiger partial charge in [-0.05, 0) is 99.9 Å². The summed E-state index contributed by atoms with van der Waals surface area (Å²) in [6.07, 6.45) is 0.467. The Balaban J connectivity index is 0. The zero-order valence-corrected chi connectivity index (χ0v) is 42.7. The van der Waals surface area contributed by atoms with Gasteiger partial charge in [0.25, 0.3) is 10.1 Å². The Kier molecular flexibility index (Phi) is 25.0. The van der Waals surface area contributed by atoms with Gasteiger partial charge in [0.2, 0.25) is 0 Å². The van der Waals surface area contributed by atoms with Crippen molar-refractivity contribution in [2.75, 3.05) is 6.26 Å². The van der Waals surface area contributed by atoms with Gasteiger partial charge in [0.05, 0.1) is 23.4 Å². The van der Waals surface area contributed by atoms with E-state index >= 15 is 0 Å². The van der Waals surface area contributed by atoms with E-state index in [2.05, 4.69) is 56.3 Å². The molecule has 58 heavy (non-hydrogen) atoms. The number of carbonyl (C=O) groups excluding carboxylic acids is 2. The Morgan fingerprint density at radius 1 is 0.897 bits per heavy atom. The summed E-state index contributed by atoms with van der Waals surface area (Å²) < 4.78 is 66.9. The molecule has 19 heteroatoms. The average molecular weight is 996 g/mol. The second-order valence-electron chi connectivity index (χ2n) is 16.0. The van der Waals surface area contributed by atoms with Crippen molar-refractivity contribution < 1.29 is 96.9 Å². The molecule has 2 heterocycles. The molecule has 0 aliphatic rings. The van der Waals surface area contributed by atoms with Gasteiger partial charge in [-0.3, -0.25) is 8.98 Å². The van der Waals surface area contributed by atoms with Crippen LogP contribution in [0.2, 0.25) is 0 Å². The molecule has 2 atom stereocenters. The van der Waals surface area contributed by atoms with E-state index in [0.29, 0.717) is 39.8 Å². The molecule has 2 unspecified atom stereocenters. The summed E-state index contributed by atoms with van der Waals surface area (Å²) in [4.78, 5) is 34.4. The Morgan fingerprint density at radius 3 is 1.86 bits per heavy atom. The van der Waals surface area contributed by atoms with Crippen LogP contribution in [0.15, 0.2) is 33.2 Å². The number of fused-ring (bicyclic) bond motifs is 2. The first-order valence-electron chi connectivity index (χ1n) is 17.7. The molecule has 4 rings (SSSR count). The first-order chi connectivity index (χ1) is 25.2. The Morgan fingerprint density at radius 2 is 1.38 bits per heavy atom. The number of carbonyl (C=O) groups is 2. The van der Waals surface area contributed by atoms with Gasteiger partial charge in [-0.25, -0.2) is 23.5 Å². The van der Waals surface area contributed by atoms with Crippen LogP contribution in [0.4, 0.5) is 13.6 Å². The van der Waals surface area contributed by atoms with Gasteiger partial charge < -0.3 is 29.4 Å². The maximum Gasteiger partial charge on any atom is 1.00 e. The van der Waals surface area contributed by atoms with Crippen LogP contribution in [0.25, 0.3) is 22.1 Å². The number of aromatic amines is 1. The number of halogens is 4. The van der Waals surface area contributed by atoms with Crippen LogP contribution in [0, 0.1) is 25.5 Å². The second-order valence-corrected chi connectivity index (χ2v) is 19.5. The molecule has 2 aromatic heterocycles. The fourth-order valence-corrected chi connectivity index (χ4v) is 6.09. The molecular formula is C39H60Br2F2KN5O8S. The molecule has 2 aromatic carbocycles. The van der Waals surface area contributed by atoms with Crippen molar-refractivity contribution in [1.29, 1.82) is 0 Å². The Hall–Kier alpha value is -1.55. The maximum atomic E-state index is 14.0. The maximum absolute atomic E-state index is 14.0. The van der Waals surface area contributed by atoms with Crippen LogP contribution in [0.5, 0.6) is 0 Å². The number of nitrogens with zero attached hydrogens (tertiary/aromatic N) is 3. The number of hydrogen-bond donors (Lipinski definition) is 2. The van der Waals surface area contributed by atoms with Crippen molar-refractivity contribution in [3.63, 3.8) is 0 Å². The summed E-state index contributed by atoms with van der Waals surface area (Å²) in [5, 5.41) is 12.9. The number of benzene rings is 2. The fraction of sp³-hybridized carbons (Fsp3) is 0.590. The number of H-pyrrole nitrogens is 1. The molecule has 0 radical (unpaired) electrons. The van der Waals surface area contributed by atoms with Crippen LogP contribution in [-0.2, 0) is 35.1 Å². The molecule has 0 saturated carbocycles. The number of alkyl carbamates (subject to hydrolysis) is 1. The van der Waals surface area contributed by atoms with Crippen molar-refractivity contribution in [2.24, 2.45) is 0 Å². The van der Waals surface area contributed by atoms with E-state index in [4.69, 9.17) is 9.47 Å². The largest absolute Gasteiger partial charge is 1.00 e. The minimum atomic E-state index is -3.46. The van der Waals surface area contributed by atoms with Gasteiger partial charge in [0.15, 0.2) is 11.6 Å². The van der Waals surface area contributed by atoms with Crippen LogP contribution in [0.3, 0.4) is 0 Å². The summed E-state index contributed by atoms with van der Waals surface area (Å²) in [6.45, 7) is 23.2. The number of amides is 1. The van der Waals surface area contributed by atoms with Crippen molar-refractivity contribution in [2.45, 2.75) is 146 Å². The predicted octanol–water partition coefficient (Wildman–Crippen LogP) is 6.19. The van der Waals surface area contributed by atoms with Crippen molar-refractivity contribution in [3.8, 4) is 0 Å². The van der Waals surface area contributed by atoms with Crippen LogP contribution < -0.4 is 61.8 Å². The molecule has 0 saturated heterocycles. The SMILES string of the molecule is C.CC(C)(C)[O-].CC(CCC(=O)OC(C)(C)C)OS(C)(=O)=O.Cc1nc2c(F)cc(Br)cc2[nH]1.Cc1nc2c(F)cc(Br)cc2n1CC(C)NC(=O)OC(C)(C)C.[K+].